The van der Waals surface area contributed by atoms with Crippen LogP contribution in [-0.4, -0.2) is 47.2 Å². The lowest BCUT2D eigenvalue weighted by atomic mass is 10.2. The second-order valence-corrected chi connectivity index (χ2v) is 6.67. The maximum atomic E-state index is 12.5. The molecule has 0 atom stereocenters. The fraction of sp³-hybridized carbons (Fsp3) is 0.545. The monoisotopic (exact) mass is 305 g/mol. The van der Waals surface area contributed by atoms with E-state index >= 15 is 0 Å². The number of nitrogens with zero attached hydrogens (tertiary/aromatic N) is 3. The Hall–Kier alpha value is -1.05. The molecule has 6 nitrogen and oxygen atoms in total. The molecule has 0 saturated heterocycles. The van der Waals surface area contributed by atoms with Crippen LogP contribution < -0.4 is 0 Å². The van der Waals surface area contributed by atoms with Crippen LogP contribution in [0.15, 0.2) is 22.3 Å². The highest BCUT2D eigenvalue weighted by Gasteiger charge is 2.33. The van der Waals surface area contributed by atoms with Crippen LogP contribution in [-0.2, 0) is 17.1 Å². The maximum Gasteiger partial charge on any atom is 0.245 e. The van der Waals surface area contributed by atoms with Crippen LogP contribution in [0.1, 0.15) is 18.5 Å². The second-order valence-electron chi connectivity index (χ2n) is 4.38. The van der Waals surface area contributed by atoms with Gasteiger partial charge in [0.25, 0.3) is 0 Å². The summed E-state index contributed by atoms with van der Waals surface area (Å²) in [6.45, 7) is 0.673. The molecule has 1 N–H and O–H groups in total. The van der Waals surface area contributed by atoms with Gasteiger partial charge < -0.3 is 9.77 Å². The first-order valence-electron chi connectivity index (χ1n) is 5.95. The number of hydrogen-bond donors (Lipinski definition) is 1. The van der Waals surface area contributed by atoms with Crippen molar-refractivity contribution in [3.63, 3.8) is 0 Å². The summed E-state index contributed by atoms with van der Waals surface area (Å²) in [5, 5.41) is 12.3. The summed E-state index contributed by atoms with van der Waals surface area (Å²) in [6.07, 6.45) is 2.62. The van der Waals surface area contributed by atoms with E-state index in [2.05, 4.69) is 5.16 Å². The van der Waals surface area contributed by atoms with Crippen molar-refractivity contribution in [2.75, 3.05) is 19.0 Å². The zero-order chi connectivity index (χ0) is 14.0. The van der Waals surface area contributed by atoms with E-state index in [0.717, 1.165) is 0 Å². The first-order chi connectivity index (χ1) is 9.02. The Labute approximate surface area is 117 Å². The van der Waals surface area contributed by atoms with Gasteiger partial charge in [0.2, 0.25) is 10.0 Å². The molecule has 106 valence electrons. The summed E-state index contributed by atoms with van der Waals surface area (Å²) < 4.78 is 28.1. The molecule has 1 aliphatic rings. The third kappa shape index (κ3) is 2.50. The Balaban J connectivity index is 2.51. The van der Waals surface area contributed by atoms with E-state index in [9.17, 15) is 8.42 Å². The molecule has 0 saturated carbocycles. The molecule has 8 heteroatoms. The highest BCUT2D eigenvalue weighted by Crippen LogP contribution is 2.26. The Kier molecular flexibility index (Phi) is 4.17. The van der Waals surface area contributed by atoms with E-state index in [1.807, 2.05) is 0 Å². The van der Waals surface area contributed by atoms with Crippen molar-refractivity contribution >= 4 is 27.3 Å². The maximum absolute atomic E-state index is 12.5. The van der Waals surface area contributed by atoms with Crippen LogP contribution in [0.25, 0.3) is 0 Å². The Morgan fingerprint density at radius 2 is 2.26 bits per heavy atom. The van der Waals surface area contributed by atoms with Gasteiger partial charge in [0.05, 0.1) is 5.69 Å². The van der Waals surface area contributed by atoms with Gasteiger partial charge in [-0.3, -0.25) is 0 Å². The first kappa shape index (κ1) is 14.4. The fourth-order valence-corrected chi connectivity index (χ4v) is 4.07. The number of fused-ring (bicyclic) bond motifs is 1. The van der Waals surface area contributed by atoms with Crippen LogP contribution in [0, 0.1) is 0 Å². The smallest absolute Gasteiger partial charge is 0.245 e. The summed E-state index contributed by atoms with van der Waals surface area (Å²) >= 11 is 5.63. The van der Waals surface area contributed by atoms with Gasteiger partial charge in [-0.05, 0) is 12.5 Å². The van der Waals surface area contributed by atoms with Gasteiger partial charge in [0.1, 0.15) is 10.6 Å². The topological polar surface area (TPSA) is 74.9 Å². The van der Waals surface area contributed by atoms with Gasteiger partial charge in [0, 0.05) is 38.6 Å². The predicted molar refractivity (Wildman–Crippen MR) is 72.4 cm³/mol. The van der Waals surface area contributed by atoms with E-state index in [0.29, 0.717) is 43.2 Å². The quantitative estimate of drug-likeness (QED) is 0.518. The van der Waals surface area contributed by atoms with Crippen molar-refractivity contribution in [1.29, 1.82) is 0 Å². The summed E-state index contributed by atoms with van der Waals surface area (Å²) in [5.41, 5.74) is 0.843. The van der Waals surface area contributed by atoms with Gasteiger partial charge in [0.15, 0.2) is 0 Å². The standard InChI is InChI=1S/C11H16ClN3O3S/c1-14-7-4-10-11(14)9(13-16)3-8-15(6-2-5-12)19(10,17)18/h4,7,16H,2-3,5-6,8H2,1H3/b13-9+. The molecule has 1 aromatic rings. The van der Waals surface area contributed by atoms with E-state index < -0.39 is 10.0 Å². The number of halogens is 1. The molecular weight excluding hydrogens is 290 g/mol. The molecule has 1 aromatic heterocycles. The largest absolute Gasteiger partial charge is 0.411 e. The lowest BCUT2D eigenvalue weighted by molar-refractivity contribution is 0.316. The Bertz CT molecular complexity index is 594. The predicted octanol–water partition coefficient (Wildman–Crippen LogP) is 1.23. The summed E-state index contributed by atoms with van der Waals surface area (Å²) in [6, 6.07) is 1.54. The molecular formula is C11H16ClN3O3S. The van der Waals surface area contributed by atoms with Crippen LogP contribution in [0.2, 0.25) is 0 Å². The lowest BCUT2D eigenvalue weighted by Gasteiger charge is -2.18. The van der Waals surface area contributed by atoms with E-state index in [1.54, 1.807) is 17.8 Å². The van der Waals surface area contributed by atoms with Crippen molar-refractivity contribution in [3.05, 3.63) is 18.0 Å². The van der Waals surface area contributed by atoms with Gasteiger partial charge in [-0.25, -0.2) is 8.42 Å². The summed E-state index contributed by atoms with van der Waals surface area (Å²) in [4.78, 5) is 0.190. The number of alkyl halides is 1. The molecule has 0 bridgehead atoms. The van der Waals surface area contributed by atoms with Crippen molar-refractivity contribution < 1.29 is 13.6 Å². The number of aryl methyl sites for hydroxylation is 1. The minimum absolute atomic E-state index is 0.190. The average Bonchev–Trinajstić information content (AvgIpc) is 2.71. The molecule has 2 rings (SSSR count). The SMILES string of the molecule is Cn1ccc2c1/C(=N/O)CCN(CCCCl)S2(=O)=O. The van der Waals surface area contributed by atoms with Crippen LogP contribution in [0.5, 0.6) is 0 Å². The molecule has 2 heterocycles. The average molecular weight is 306 g/mol. The molecule has 0 aliphatic carbocycles. The third-order valence-corrected chi connectivity index (χ3v) is 5.38. The number of aromatic nitrogens is 1. The van der Waals surface area contributed by atoms with Crippen molar-refractivity contribution in [2.45, 2.75) is 17.7 Å². The minimum Gasteiger partial charge on any atom is -0.411 e. The summed E-state index contributed by atoms with van der Waals surface area (Å²) in [7, 11) is -1.82. The zero-order valence-corrected chi connectivity index (χ0v) is 12.2. The van der Waals surface area contributed by atoms with Gasteiger partial charge in [-0.2, -0.15) is 4.31 Å². The van der Waals surface area contributed by atoms with Crippen molar-refractivity contribution in [3.8, 4) is 0 Å². The molecule has 0 spiro atoms. The normalized spacial score (nSPS) is 21.3. The van der Waals surface area contributed by atoms with Crippen LogP contribution in [0.3, 0.4) is 0 Å². The minimum atomic E-state index is -3.55. The Morgan fingerprint density at radius 3 is 2.89 bits per heavy atom. The number of hydrogen-bond acceptors (Lipinski definition) is 4. The number of sulfonamides is 1. The highest BCUT2D eigenvalue weighted by molar-refractivity contribution is 7.89. The first-order valence-corrected chi connectivity index (χ1v) is 7.92. The second kappa shape index (κ2) is 5.52. The molecule has 19 heavy (non-hydrogen) atoms. The van der Waals surface area contributed by atoms with E-state index in [4.69, 9.17) is 16.8 Å². The Morgan fingerprint density at radius 1 is 1.53 bits per heavy atom. The third-order valence-electron chi connectivity index (χ3n) is 3.19. The number of oxime groups is 1. The molecule has 1 aliphatic heterocycles. The van der Waals surface area contributed by atoms with Gasteiger partial charge in [-0.1, -0.05) is 5.16 Å². The molecule has 0 unspecified atom stereocenters. The van der Waals surface area contributed by atoms with Crippen molar-refractivity contribution in [1.82, 2.24) is 8.87 Å². The van der Waals surface area contributed by atoms with E-state index in [1.165, 1.54) is 10.4 Å². The summed E-state index contributed by atoms with van der Waals surface area (Å²) in [5.74, 6) is 0.411. The van der Waals surface area contributed by atoms with Crippen LogP contribution in [0.4, 0.5) is 0 Å². The zero-order valence-electron chi connectivity index (χ0n) is 10.6. The molecule has 0 radical (unpaired) electrons. The van der Waals surface area contributed by atoms with Gasteiger partial charge >= 0.3 is 0 Å². The molecule has 0 fully saturated rings. The lowest BCUT2D eigenvalue weighted by Crippen LogP contribution is -2.32. The van der Waals surface area contributed by atoms with Crippen LogP contribution >= 0.6 is 11.6 Å². The molecule has 0 aromatic carbocycles. The number of rotatable bonds is 3. The fourth-order valence-electron chi connectivity index (χ4n) is 2.23. The molecule has 0 amide bonds. The van der Waals surface area contributed by atoms with E-state index in [-0.39, 0.29) is 4.90 Å². The van der Waals surface area contributed by atoms with Gasteiger partial charge in [-0.15, -0.1) is 11.6 Å². The highest BCUT2D eigenvalue weighted by atomic mass is 35.5. The van der Waals surface area contributed by atoms with Crippen molar-refractivity contribution in [2.24, 2.45) is 12.2 Å².